The van der Waals surface area contributed by atoms with E-state index in [1.807, 2.05) is 12.1 Å². The van der Waals surface area contributed by atoms with E-state index in [0.717, 1.165) is 32.1 Å². The highest BCUT2D eigenvalue weighted by molar-refractivity contribution is 5.88. The van der Waals surface area contributed by atoms with Gasteiger partial charge in [-0.3, -0.25) is 9.59 Å². The summed E-state index contributed by atoms with van der Waals surface area (Å²) in [6, 6.07) is 6.01. The first kappa shape index (κ1) is 14.7. The van der Waals surface area contributed by atoms with Crippen LogP contribution in [0.15, 0.2) is 29.8 Å². The van der Waals surface area contributed by atoms with Gasteiger partial charge in [0.15, 0.2) is 0 Å². The van der Waals surface area contributed by atoms with Gasteiger partial charge in [0.05, 0.1) is 0 Å². The molecule has 0 aliphatic heterocycles. The zero-order chi connectivity index (χ0) is 16.2. The molecule has 3 nitrogen and oxygen atoms in total. The van der Waals surface area contributed by atoms with Crippen LogP contribution in [0.2, 0.25) is 0 Å². The summed E-state index contributed by atoms with van der Waals surface area (Å²) < 4.78 is 5.21. The number of fused-ring (bicyclic) bond motifs is 5. The minimum absolute atomic E-state index is 0.127. The van der Waals surface area contributed by atoms with Gasteiger partial charge in [-0.2, -0.15) is 0 Å². The number of allylic oxidation sites excluding steroid dienone is 2. The summed E-state index contributed by atoms with van der Waals surface area (Å²) >= 11 is 0. The van der Waals surface area contributed by atoms with Crippen molar-refractivity contribution in [2.45, 2.75) is 51.9 Å². The molecule has 2 saturated carbocycles. The maximum atomic E-state index is 12.3. The molecule has 0 heterocycles. The predicted octanol–water partition coefficient (Wildman–Crippen LogP) is 3.96. The van der Waals surface area contributed by atoms with Gasteiger partial charge in [-0.05, 0) is 54.9 Å². The average molecular weight is 310 g/mol. The lowest BCUT2D eigenvalue weighted by atomic mass is 9.60. The first-order valence-corrected chi connectivity index (χ1v) is 8.53. The molecule has 23 heavy (non-hydrogen) atoms. The number of esters is 1. The third-order valence-electron chi connectivity index (χ3n) is 6.13. The van der Waals surface area contributed by atoms with Gasteiger partial charge in [-0.25, -0.2) is 0 Å². The number of ether oxygens (including phenoxy) is 1. The standard InChI is InChI=1S/C20H22O3/c1-12(21)23-14-4-6-15-13(11-14)3-5-17-16(15)9-10-20(2)18(17)7-8-19(20)22/h4-6,11,16,18H,3,7-10H2,1-2H3. The van der Waals surface area contributed by atoms with Crippen molar-refractivity contribution in [3.63, 3.8) is 0 Å². The minimum Gasteiger partial charge on any atom is -0.427 e. The van der Waals surface area contributed by atoms with Gasteiger partial charge in [0.2, 0.25) is 0 Å². The Balaban J connectivity index is 1.68. The van der Waals surface area contributed by atoms with Crippen LogP contribution in [0.4, 0.5) is 0 Å². The van der Waals surface area contributed by atoms with E-state index in [2.05, 4.69) is 19.1 Å². The summed E-state index contributed by atoms with van der Waals surface area (Å²) in [5.74, 6) is 1.67. The maximum Gasteiger partial charge on any atom is 0.308 e. The molecule has 2 fully saturated rings. The zero-order valence-corrected chi connectivity index (χ0v) is 13.7. The lowest BCUT2D eigenvalue weighted by Crippen LogP contribution is -2.37. The topological polar surface area (TPSA) is 43.4 Å². The van der Waals surface area contributed by atoms with E-state index in [4.69, 9.17) is 4.74 Å². The Kier molecular flexibility index (Phi) is 3.22. The van der Waals surface area contributed by atoms with E-state index in [0.29, 0.717) is 23.4 Å². The number of rotatable bonds is 1. The molecule has 0 bridgehead atoms. The summed E-state index contributed by atoms with van der Waals surface area (Å²) in [6.45, 7) is 3.60. The Labute approximate surface area is 136 Å². The predicted molar refractivity (Wildman–Crippen MR) is 87.4 cm³/mol. The summed E-state index contributed by atoms with van der Waals surface area (Å²) in [4.78, 5) is 23.5. The van der Waals surface area contributed by atoms with Crippen molar-refractivity contribution < 1.29 is 14.3 Å². The van der Waals surface area contributed by atoms with Crippen LogP contribution in [0.1, 0.15) is 56.6 Å². The zero-order valence-electron chi connectivity index (χ0n) is 13.7. The molecule has 3 aliphatic carbocycles. The molecule has 3 atom stereocenters. The fraction of sp³-hybridized carbons (Fsp3) is 0.500. The Morgan fingerprint density at radius 3 is 2.91 bits per heavy atom. The van der Waals surface area contributed by atoms with Crippen LogP contribution in [0.25, 0.3) is 0 Å². The number of carbonyl (C=O) groups excluding carboxylic acids is 2. The Hall–Kier alpha value is -1.90. The second-order valence-electron chi connectivity index (χ2n) is 7.39. The van der Waals surface area contributed by atoms with E-state index in [-0.39, 0.29) is 11.4 Å². The molecule has 0 N–H and O–H groups in total. The average Bonchev–Trinajstić information content (AvgIpc) is 2.82. The van der Waals surface area contributed by atoms with Crippen molar-refractivity contribution in [3.05, 3.63) is 41.0 Å². The largest absolute Gasteiger partial charge is 0.427 e. The van der Waals surface area contributed by atoms with Gasteiger partial charge in [-0.1, -0.05) is 24.6 Å². The van der Waals surface area contributed by atoms with Crippen molar-refractivity contribution in [2.24, 2.45) is 11.3 Å². The molecule has 3 heteroatoms. The molecule has 3 aliphatic rings. The Morgan fingerprint density at radius 2 is 2.13 bits per heavy atom. The highest BCUT2D eigenvalue weighted by Crippen LogP contribution is 2.57. The first-order valence-electron chi connectivity index (χ1n) is 8.53. The molecule has 1 aromatic carbocycles. The number of hydrogen-bond acceptors (Lipinski definition) is 3. The highest BCUT2D eigenvalue weighted by atomic mass is 16.5. The summed E-state index contributed by atoms with van der Waals surface area (Å²) in [6.07, 6.45) is 7.00. The molecule has 0 radical (unpaired) electrons. The fourth-order valence-electron chi connectivity index (χ4n) is 4.95. The lowest BCUT2D eigenvalue weighted by molar-refractivity contribution is -0.132. The summed E-state index contributed by atoms with van der Waals surface area (Å²) in [5, 5.41) is 0. The monoisotopic (exact) mass is 310 g/mol. The van der Waals surface area contributed by atoms with Gasteiger partial charge < -0.3 is 4.74 Å². The molecular weight excluding hydrogens is 288 g/mol. The molecule has 4 rings (SSSR count). The number of carbonyl (C=O) groups is 2. The van der Waals surface area contributed by atoms with Gasteiger partial charge in [0.25, 0.3) is 0 Å². The lowest BCUT2D eigenvalue weighted by Gasteiger charge is -2.43. The van der Waals surface area contributed by atoms with Gasteiger partial charge in [0, 0.05) is 24.7 Å². The normalized spacial score (nSPS) is 31.7. The SMILES string of the molecule is CC(=O)Oc1ccc2c(c1)CC=C1C2CCC2(C)C(=O)CCC12. The first-order chi connectivity index (χ1) is 11.0. The number of Topliss-reactive ketones (excluding diaryl/α,β-unsaturated/α-hetero) is 1. The summed E-state index contributed by atoms with van der Waals surface area (Å²) in [7, 11) is 0. The molecule has 0 aromatic heterocycles. The van der Waals surface area contributed by atoms with Crippen LogP contribution < -0.4 is 4.74 Å². The maximum absolute atomic E-state index is 12.3. The summed E-state index contributed by atoms with van der Waals surface area (Å²) in [5.41, 5.74) is 3.97. The van der Waals surface area contributed by atoms with Crippen molar-refractivity contribution in [1.29, 1.82) is 0 Å². The minimum atomic E-state index is -0.283. The second-order valence-corrected chi connectivity index (χ2v) is 7.39. The van der Waals surface area contributed by atoms with E-state index in [1.54, 1.807) is 0 Å². The van der Waals surface area contributed by atoms with Gasteiger partial charge in [0.1, 0.15) is 11.5 Å². The Morgan fingerprint density at radius 1 is 1.30 bits per heavy atom. The Bertz CT molecular complexity index is 730. The van der Waals surface area contributed by atoms with E-state index < -0.39 is 0 Å². The molecule has 120 valence electrons. The van der Waals surface area contributed by atoms with Crippen molar-refractivity contribution in [1.82, 2.24) is 0 Å². The van der Waals surface area contributed by atoms with E-state index >= 15 is 0 Å². The smallest absolute Gasteiger partial charge is 0.308 e. The quantitative estimate of drug-likeness (QED) is 0.448. The van der Waals surface area contributed by atoms with Crippen molar-refractivity contribution in [2.75, 3.05) is 0 Å². The van der Waals surface area contributed by atoms with Crippen molar-refractivity contribution in [3.8, 4) is 5.75 Å². The molecule has 0 spiro atoms. The second kappa shape index (κ2) is 5.05. The van der Waals surface area contributed by atoms with E-state index in [9.17, 15) is 9.59 Å². The van der Waals surface area contributed by atoms with Crippen LogP contribution >= 0.6 is 0 Å². The molecular formula is C20H22O3. The van der Waals surface area contributed by atoms with Gasteiger partial charge in [-0.15, -0.1) is 0 Å². The highest BCUT2D eigenvalue weighted by Gasteiger charge is 2.52. The number of hydrogen-bond donors (Lipinski definition) is 0. The number of ketones is 1. The molecule has 1 aromatic rings. The van der Waals surface area contributed by atoms with Crippen LogP contribution in [-0.4, -0.2) is 11.8 Å². The van der Waals surface area contributed by atoms with Crippen LogP contribution in [0.5, 0.6) is 5.75 Å². The molecule has 0 saturated heterocycles. The number of benzene rings is 1. The fourth-order valence-corrected chi connectivity index (χ4v) is 4.95. The van der Waals surface area contributed by atoms with E-state index in [1.165, 1.54) is 23.6 Å². The van der Waals surface area contributed by atoms with Crippen LogP contribution in [0, 0.1) is 11.3 Å². The molecule has 3 unspecified atom stereocenters. The molecule has 0 amide bonds. The van der Waals surface area contributed by atoms with Crippen molar-refractivity contribution >= 4 is 11.8 Å². The van der Waals surface area contributed by atoms with Gasteiger partial charge >= 0.3 is 5.97 Å². The third-order valence-corrected chi connectivity index (χ3v) is 6.13. The van der Waals surface area contributed by atoms with Crippen LogP contribution in [-0.2, 0) is 16.0 Å². The van der Waals surface area contributed by atoms with Crippen LogP contribution in [0.3, 0.4) is 0 Å². The third kappa shape index (κ3) is 2.17.